The van der Waals surface area contributed by atoms with Crippen LogP contribution in [0, 0.1) is 5.92 Å². The molecule has 0 spiro atoms. The maximum absolute atomic E-state index is 12.7. The average Bonchev–Trinajstić information content (AvgIpc) is 2.94. The zero-order valence-corrected chi connectivity index (χ0v) is 15.2. The summed E-state index contributed by atoms with van der Waals surface area (Å²) in [4.78, 5) is 1.07. The van der Waals surface area contributed by atoms with Gasteiger partial charge in [0.2, 0.25) is 0 Å². The van der Waals surface area contributed by atoms with Crippen LogP contribution < -0.4 is 5.32 Å². The van der Waals surface area contributed by atoms with E-state index in [4.69, 9.17) is 0 Å². The number of rotatable bonds is 10. The second kappa shape index (κ2) is 8.88. The van der Waals surface area contributed by atoms with Gasteiger partial charge in [-0.15, -0.1) is 11.3 Å². The monoisotopic (exact) mass is 332 g/mol. The summed E-state index contributed by atoms with van der Waals surface area (Å²) in [5.74, 6) is 0.380. The first-order chi connectivity index (χ1) is 9.95. The van der Waals surface area contributed by atoms with Crippen molar-refractivity contribution in [3.8, 4) is 0 Å². The minimum atomic E-state index is -3.34. The van der Waals surface area contributed by atoms with E-state index in [1.807, 2.05) is 13.0 Å². The van der Waals surface area contributed by atoms with Crippen LogP contribution >= 0.6 is 11.3 Å². The van der Waals surface area contributed by atoms with Gasteiger partial charge in [-0.05, 0) is 31.0 Å². The molecule has 21 heavy (non-hydrogen) atoms. The van der Waals surface area contributed by atoms with E-state index < -0.39 is 10.0 Å². The van der Waals surface area contributed by atoms with Crippen LogP contribution in [-0.2, 0) is 16.6 Å². The Morgan fingerprint density at radius 2 is 2.00 bits per heavy atom. The minimum absolute atomic E-state index is 0.380. The fourth-order valence-electron chi connectivity index (χ4n) is 1.98. The Morgan fingerprint density at radius 1 is 1.29 bits per heavy atom. The Kier molecular flexibility index (Phi) is 7.87. The Labute approximate surface area is 133 Å². The lowest BCUT2D eigenvalue weighted by Crippen LogP contribution is -2.34. The highest BCUT2D eigenvalue weighted by molar-refractivity contribution is 7.91. The zero-order chi connectivity index (χ0) is 15.9. The fourth-order valence-corrected chi connectivity index (χ4v) is 5.03. The van der Waals surface area contributed by atoms with Crippen molar-refractivity contribution < 1.29 is 8.42 Å². The molecule has 0 saturated carbocycles. The number of thiophene rings is 1. The Morgan fingerprint density at radius 3 is 2.57 bits per heavy atom. The summed E-state index contributed by atoms with van der Waals surface area (Å²) in [6, 6.07) is 3.65. The molecule has 0 aliphatic carbocycles. The van der Waals surface area contributed by atoms with E-state index in [0.717, 1.165) is 30.8 Å². The molecule has 1 aromatic rings. The van der Waals surface area contributed by atoms with Gasteiger partial charge in [0.1, 0.15) is 4.21 Å². The highest BCUT2D eigenvalue weighted by Crippen LogP contribution is 2.25. The van der Waals surface area contributed by atoms with Crippen LogP contribution in [0.1, 0.15) is 45.4 Å². The molecule has 6 heteroatoms. The van der Waals surface area contributed by atoms with E-state index in [-0.39, 0.29) is 0 Å². The van der Waals surface area contributed by atoms with E-state index in [2.05, 4.69) is 26.1 Å². The first kappa shape index (κ1) is 18.6. The molecule has 0 aliphatic heterocycles. The predicted molar refractivity (Wildman–Crippen MR) is 90.2 cm³/mol. The van der Waals surface area contributed by atoms with Crippen molar-refractivity contribution in [1.29, 1.82) is 0 Å². The number of hydrogen-bond donors (Lipinski definition) is 1. The van der Waals surface area contributed by atoms with Gasteiger partial charge in [0, 0.05) is 24.5 Å². The smallest absolute Gasteiger partial charge is 0.252 e. The topological polar surface area (TPSA) is 49.4 Å². The highest BCUT2D eigenvalue weighted by Gasteiger charge is 2.25. The molecular weight excluding hydrogens is 304 g/mol. The van der Waals surface area contributed by atoms with E-state index in [1.54, 1.807) is 10.4 Å². The van der Waals surface area contributed by atoms with Gasteiger partial charge in [-0.2, -0.15) is 4.31 Å². The van der Waals surface area contributed by atoms with Crippen LogP contribution in [0.3, 0.4) is 0 Å². The van der Waals surface area contributed by atoms with Crippen molar-refractivity contribution >= 4 is 21.4 Å². The first-order valence-corrected chi connectivity index (χ1v) is 10.0. The van der Waals surface area contributed by atoms with Crippen molar-refractivity contribution in [2.75, 3.05) is 19.6 Å². The molecule has 0 saturated heterocycles. The summed E-state index contributed by atoms with van der Waals surface area (Å²) in [7, 11) is -3.34. The van der Waals surface area contributed by atoms with Gasteiger partial charge in [0.05, 0.1) is 0 Å². The van der Waals surface area contributed by atoms with Gasteiger partial charge in [-0.25, -0.2) is 8.42 Å². The van der Waals surface area contributed by atoms with Gasteiger partial charge >= 0.3 is 0 Å². The van der Waals surface area contributed by atoms with E-state index in [9.17, 15) is 8.42 Å². The van der Waals surface area contributed by atoms with Gasteiger partial charge in [0.25, 0.3) is 10.0 Å². The summed E-state index contributed by atoms with van der Waals surface area (Å²) in [6.07, 6.45) is 2.07. The molecule has 0 aromatic carbocycles. The van der Waals surface area contributed by atoms with E-state index in [0.29, 0.717) is 23.2 Å². The SMILES string of the molecule is CCCNCc1ccc(S(=O)(=O)N(CC)CC(C)CC)s1. The maximum Gasteiger partial charge on any atom is 0.252 e. The Balaban J connectivity index is 2.81. The van der Waals surface area contributed by atoms with Gasteiger partial charge in [-0.1, -0.05) is 34.1 Å². The van der Waals surface area contributed by atoms with Crippen LogP contribution in [0.15, 0.2) is 16.3 Å². The molecule has 1 N–H and O–H groups in total. The minimum Gasteiger partial charge on any atom is -0.312 e. The summed E-state index contributed by atoms with van der Waals surface area (Å²) >= 11 is 1.38. The average molecular weight is 333 g/mol. The largest absolute Gasteiger partial charge is 0.312 e. The zero-order valence-electron chi connectivity index (χ0n) is 13.6. The Bertz CT molecular complexity index is 511. The number of sulfonamides is 1. The van der Waals surface area contributed by atoms with Crippen molar-refractivity contribution in [1.82, 2.24) is 9.62 Å². The molecule has 1 unspecified atom stereocenters. The van der Waals surface area contributed by atoms with Crippen LogP contribution in [0.4, 0.5) is 0 Å². The maximum atomic E-state index is 12.7. The summed E-state index contributed by atoms with van der Waals surface area (Å²) in [6.45, 7) is 11.0. The van der Waals surface area contributed by atoms with Crippen molar-refractivity contribution in [3.05, 3.63) is 17.0 Å². The summed E-state index contributed by atoms with van der Waals surface area (Å²) in [5.41, 5.74) is 0. The van der Waals surface area contributed by atoms with E-state index >= 15 is 0 Å². The molecule has 1 atom stereocenters. The van der Waals surface area contributed by atoms with Gasteiger partial charge < -0.3 is 5.32 Å². The third-order valence-electron chi connectivity index (χ3n) is 3.52. The van der Waals surface area contributed by atoms with Gasteiger partial charge in [-0.3, -0.25) is 0 Å². The molecule has 0 amide bonds. The third kappa shape index (κ3) is 5.36. The molecule has 0 fully saturated rings. The first-order valence-electron chi connectivity index (χ1n) is 7.75. The summed E-state index contributed by atoms with van der Waals surface area (Å²) in [5, 5.41) is 3.30. The molecule has 122 valence electrons. The quantitative estimate of drug-likeness (QED) is 0.669. The van der Waals surface area contributed by atoms with Crippen molar-refractivity contribution in [3.63, 3.8) is 0 Å². The molecule has 4 nitrogen and oxygen atoms in total. The van der Waals surface area contributed by atoms with Crippen LogP contribution in [-0.4, -0.2) is 32.4 Å². The number of nitrogens with one attached hydrogen (secondary N) is 1. The predicted octanol–water partition coefficient (Wildman–Crippen LogP) is 3.30. The lowest BCUT2D eigenvalue weighted by atomic mass is 10.1. The van der Waals surface area contributed by atoms with Crippen molar-refractivity contribution in [2.45, 2.75) is 51.3 Å². The second-order valence-electron chi connectivity index (χ2n) is 5.37. The number of hydrogen-bond acceptors (Lipinski definition) is 4. The molecular formula is C15H28N2O2S2. The summed E-state index contributed by atoms with van der Waals surface area (Å²) < 4.78 is 27.4. The normalized spacial score (nSPS) is 13.8. The standard InChI is InChI=1S/C15H28N2O2S2/c1-5-10-16-11-14-8-9-15(20-14)21(18,19)17(7-3)12-13(4)6-2/h8-9,13,16H,5-7,10-12H2,1-4H3. The van der Waals surface area contributed by atoms with E-state index in [1.165, 1.54) is 11.3 Å². The molecule has 1 rings (SSSR count). The molecule has 0 bridgehead atoms. The molecule has 0 radical (unpaired) electrons. The van der Waals surface area contributed by atoms with Crippen LogP contribution in [0.2, 0.25) is 0 Å². The third-order valence-corrected chi connectivity index (χ3v) is 7.02. The van der Waals surface area contributed by atoms with Crippen molar-refractivity contribution in [2.24, 2.45) is 5.92 Å². The molecule has 1 heterocycles. The molecule has 1 aromatic heterocycles. The van der Waals surface area contributed by atoms with Crippen LogP contribution in [0.25, 0.3) is 0 Å². The van der Waals surface area contributed by atoms with Gasteiger partial charge in [0.15, 0.2) is 0 Å². The fraction of sp³-hybridized carbons (Fsp3) is 0.733. The lowest BCUT2D eigenvalue weighted by Gasteiger charge is -2.22. The Hall–Kier alpha value is -0.430. The highest BCUT2D eigenvalue weighted by atomic mass is 32.2. The number of nitrogens with zero attached hydrogens (tertiary/aromatic N) is 1. The molecule has 0 aliphatic rings. The second-order valence-corrected chi connectivity index (χ2v) is 8.70. The van der Waals surface area contributed by atoms with Crippen LogP contribution in [0.5, 0.6) is 0 Å². The lowest BCUT2D eigenvalue weighted by molar-refractivity contribution is 0.362.